The summed E-state index contributed by atoms with van der Waals surface area (Å²) < 4.78 is 9.93. The van der Waals surface area contributed by atoms with Gasteiger partial charge in [0.25, 0.3) is 5.91 Å². The van der Waals surface area contributed by atoms with Crippen molar-refractivity contribution in [3.63, 3.8) is 0 Å². The van der Waals surface area contributed by atoms with E-state index in [0.29, 0.717) is 13.2 Å². The van der Waals surface area contributed by atoms with Crippen molar-refractivity contribution < 1.29 is 23.9 Å². The lowest BCUT2D eigenvalue weighted by Crippen LogP contribution is -2.42. The number of ether oxygens (including phenoxy) is 2. The van der Waals surface area contributed by atoms with Crippen molar-refractivity contribution in [3.8, 4) is 0 Å². The van der Waals surface area contributed by atoms with Gasteiger partial charge in [-0.1, -0.05) is 0 Å². The van der Waals surface area contributed by atoms with E-state index in [1.54, 1.807) is 0 Å². The van der Waals surface area contributed by atoms with Gasteiger partial charge in [0, 0.05) is 0 Å². The summed E-state index contributed by atoms with van der Waals surface area (Å²) >= 11 is 0. The lowest BCUT2D eigenvalue weighted by atomic mass is 10.4. The number of hydrogen-bond donors (Lipinski definition) is 2. The molecule has 1 fully saturated rings. The summed E-state index contributed by atoms with van der Waals surface area (Å²) in [6.45, 7) is 0.556. The van der Waals surface area contributed by atoms with Crippen LogP contribution in [0.4, 0.5) is 0 Å². The monoisotopic (exact) mass is 204 g/mol. The maximum absolute atomic E-state index is 11.1. The van der Waals surface area contributed by atoms with Gasteiger partial charge in [-0.3, -0.25) is 14.4 Å². The zero-order valence-electron chi connectivity index (χ0n) is 7.52. The average molecular weight is 204 g/mol. The van der Waals surface area contributed by atoms with Crippen molar-refractivity contribution in [1.82, 2.24) is 5.48 Å². The van der Waals surface area contributed by atoms with Gasteiger partial charge in [-0.15, -0.1) is 0 Å². The summed E-state index contributed by atoms with van der Waals surface area (Å²) in [5.74, 6) is -1.25. The van der Waals surface area contributed by atoms with Gasteiger partial charge < -0.3 is 15.2 Å². The van der Waals surface area contributed by atoms with E-state index < -0.39 is 18.1 Å². The molecular formula is C7H12N2O5. The van der Waals surface area contributed by atoms with Gasteiger partial charge in [-0.05, 0) is 6.42 Å². The quantitative estimate of drug-likeness (QED) is 0.531. The maximum Gasteiger partial charge on any atom is 0.300 e. The van der Waals surface area contributed by atoms with Gasteiger partial charge in [0.15, 0.2) is 6.61 Å². The van der Waals surface area contributed by atoms with E-state index in [9.17, 15) is 9.59 Å². The molecule has 0 aliphatic carbocycles. The number of carbonyl (C=O) groups excluding carboxylic acids is 2. The molecule has 0 radical (unpaired) electrons. The Morgan fingerprint density at radius 3 is 2.64 bits per heavy atom. The van der Waals surface area contributed by atoms with Crippen LogP contribution in [0, 0.1) is 0 Å². The highest BCUT2D eigenvalue weighted by molar-refractivity contribution is 5.79. The minimum absolute atomic E-state index is 0.377. The number of primary amides is 1. The molecule has 2 amide bonds. The predicted octanol–water partition coefficient (Wildman–Crippen LogP) is -1.72. The van der Waals surface area contributed by atoms with Gasteiger partial charge >= 0.3 is 0 Å². The smallest absolute Gasteiger partial charge is 0.300 e. The van der Waals surface area contributed by atoms with Crippen LogP contribution in [-0.4, -0.2) is 37.9 Å². The summed E-state index contributed by atoms with van der Waals surface area (Å²) in [4.78, 5) is 25.9. The van der Waals surface area contributed by atoms with Crippen LogP contribution in [0.2, 0.25) is 0 Å². The summed E-state index contributed by atoms with van der Waals surface area (Å²) in [6, 6.07) is 0. The average Bonchev–Trinajstić information content (AvgIpc) is 2.18. The third-order valence-corrected chi connectivity index (χ3v) is 1.43. The molecule has 1 saturated heterocycles. The second-order valence-corrected chi connectivity index (χ2v) is 2.65. The molecule has 80 valence electrons. The highest BCUT2D eigenvalue weighted by atomic mass is 16.7. The Hall–Kier alpha value is -1.18. The number of hydrogen-bond acceptors (Lipinski definition) is 5. The van der Waals surface area contributed by atoms with E-state index >= 15 is 0 Å². The molecule has 1 aliphatic heterocycles. The Bertz CT molecular complexity index is 214. The first-order valence-electron chi connectivity index (χ1n) is 4.13. The fourth-order valence-electron chi connectivity index (χ4n) is 0.866. The molecule has 0 saturated carbocycles. The minimum Gasteiger partial charge on any atom is -0.368 e. The molecule has 1 rings (SSSR count). The third-order valence-electron chi connectivity index (χ3n) is 1.43. The number of hydroxylamine groups is 1. The molecule has 0 spiro atoms. The van der Waals surface area contributed by atoms with E-state index in [1.807, 2.05) is 5.48 Å². The Morgan fingerprint density at radius 2 is 2.07 bits per heavy atom. The van der Waals surface area contributed by atoms with Crippen molar-refractivity contribution in [2.75, 3.05) is 19.8 Å². The van der Waals surface area contributed by atoms with E-state index in [1.165, 1.54) is 0 Å². The van der Waals surface area contributed by atoms with Crippen molar-refractivity contribution in [3.05, 3.63) is 0 Å². The van der Waals surface area contributed by atoms with Crippen LogP contribution in [0.5, 0.6) is 0 Å². The standard InChI is InChI=1S/C7H12N2O5/c8-5(10)4-14-9-6(11)7-12-2-1-3-13-7/h7H,1-4H2,(H2,8,10)(H,9,11). The molecular weight excluding hydrogens is 192 g/mol. The zero-order valence-corrected chi connectivity index (χ0v) is 7.52. The molecule has 1 heterocycles. The van der Waals surface area contributed by atoms with E-state index in [0.717, 1.165) is 6.42 Å². The molecule has 1 aliphatic rings. The van der Waals surface area contributed by atoms with Crippen LogP contribution in [-0.2, 0) is 23.9 Å². The van der Waals surface area contributed by atoms with Crippen LogP contribution in [0.1, 0.15) is 6.42 Å². The summed E-state index contributed by atoms with van der Waals surface area (Å²) in [5, 5.41) is 0. The first-order chi connectivity index (χ1) is 6.70. The number of nitrogens with two attached hydrogens (primary N) is 1. The molecule has 3 N–H and O–H groups in total. The third kappa shape index (κ3) is 3.69. The Kier molecular flexibility index (Phi) is 4.30. The number of amides is 2. The molecule has 0 bridgehead atoms. The topological polar surface area (TPSA) is 99.9 Å². The van der Waals surface area contributed by atoms with Crippen LogP contribution in [0.25, 0.3) is 0 Å². The fraction of sp³-hybridized carbons (Fsp3) is 0.714. The Morgan fingerprint density at radius 1 is 1.43 bits per heavy atom. The van der Waals surface area contributed by atoms with Crippen molar-refractivity contribution in [1.29, 1.82) is 0 Å². The molecule has 7 nitrogen and oxygen atoms in total. The SMILES string of the molecule is NC(=O)CONC(=O)C1OCCCO1. The van der Waals surface area contributed by atoms with Crippen LogP contribution < -0.4 is 11.2 Å². The largest absolute Gasteiger partial charge is 0.368 e. The van der Waals surface area contributed by atoms with E-state index in [-0.39, 0.29) is 6.61 Å². The molecule has 14 heavy (non-hydrogen) atoms. The van der Waals surface area contributed by atoms with Crippen molar-refractivity contribution in [2.24, 2.45) is 5.73 Å². The van der Waals surface area contributed by atoms with Gasteiger partial charge in [0.2, 0.25) is 12.2 Å². The van der Waals surface area contributed by atoms with Crippen molar-refractivity contribution >= 4 is 11.8 Å². The molecule has 7 heteroatoms. The highest BCUT2D eigenvalue weighted by Crippen LogP contribution is 2.04. The molecule has 0 aromatic carbocycles. The van der Waals surface area contributed by atoms with E-state index in [4.69, 9.17) is 15.2 Å². The first-order valence-corrected chi connectivity index (χ1v) is 4.13. The van der Waals surface area contributed by atoms with Crippen LogP contribution in [0.15, 0.2) is 0 Å². The minimum atomic E-state index is -0.961. The van der Waals surface area contributed by atoms with Crippen molar-refractivity contribution in [2.45, 2.75) is 12.7 Å². The molecule has 0 aromatic rings. The maximum atomic E-state index is 11.1. The lowest BCUT2D eigenvalue weighted by Gasteiger charge is -2.21. The Balaban J connectivity index is 2.16. The summed E-state index contributed by atoms with van der Waals surface area (Å²) in [7, 11) is 0. The van der Waals surface area contributed by atoms with Gasteiger partial charge in [0.05, 0.1) is 13.2 Å². The fourth-order valence-corrected chi connectivity index (χ4v) is 0.866. The predicted molar refractivity (Wildman–Crippen MR) is 43.6 cm³/mol. The first kappa shape index (κ1) is 10.9. The molecule has 0 atom stereocenters. The Labute approximate surface area is 80.4 Å². The van der Waals surface area contributed by atoms with Crippen LogP contribution >= 0.6 is 0 Å². The highest BCUT2D eigenvalue weighted by Gasteiger charge is 2.22. The number of rotatable bonds is 4. The summed E-state index contributed by atoms with van der Waals surface area (Å²) in [6.07, 6.45) is -0.206. The zero-order chi connectivity index (χ0) is 10.4. The lowest BCUT2D eigenvalue weighted by molar-refractivity contribution is -0.199. The van der Waals surface area contributed by atoms with Gasteiger partial charge in [0.1, 0.15) is 0 Å². The van der Waals surface area contributed by atoms with Gasteiger partial charge in [-0.25, -0.2) is 5.48 Å². The number of nitrogens with one attached hydrogen (secondary N) is 1. The van der Waals surface area contributed by atoms with Gasteiger partial charge in [-0.2, -0.15) is 0 Å². The number of carbonyl (C=O) groups is 2. The normalized spacial score (nSPS) is 17.7. The summed E-state index contributed by atoms with van der Waals surface area (Å²) in [5.41, 5.74) is 6.77. The van der Waals surface area contributed by atoms with Crippen LogP contribution in [0.3, 0.4) is 0 Å². The molecule has 0 aromatic heterocycles. The van der Waals surface area contributed by atoms with E-state index in [2.05, 4.69) is 4.84 Å². The second kappa shape index (κ2) is 5.53. The second-order valence-electron chi connectivity index (χ2n) is 2.65. The molecule has 0 unspecified atom stereocenters.